The standard InChI is InChI=1S/C37H70O4/c1-3-5-6-7-8-9-10-11-12-13-14-15-16-17-18-19-20-21-22-23-24-25-26-27-28-29-30-31-32-35(34-36(38)39)37(40)41-33-4-2/h7-8,35H,3-6,9-34H2,1-2H3,(H,38,39)/b8-7+. The predicted octanol–water partition coefficient (Wildman–Crippen LogP) is 12.1. The Morgan fingerprint density at radius 1 is 0.537 bits per heavy atom. The van der Waals surface area contributed by atoms with Crippen LogP contribution < -0.4 is 0 Å². The molecule has 41 heavy (non-hydrogen) atoms. The molecule has 0 rings (SSSR count). The molecule has 0 aromatic rings. The topological polar surface area (TPSA) is 63.6 Å². The van der Waals surface area contributed by atoms with Gasteiger partial charge in [-0.25, -0.2) is 0 Å². The van der Waals surface area contributed by atoms with Crippen LogP contribution in [0, 0.1) is 5.92 Å². The van der Waals surface area contributed by atoms with Crippen LogP contribution in [0.15, 0.2) is 12.2 Å². The minimum atomic E-state index is -0.915. The first kappa shape index (κ1) is 39.7. The minimum Gasteiger partial charge on any atom is -0.481 e. The number of hydrogen-bond acceptors (Lipinski definition) is 3. The molecule has 0 aliphatic heterocycles. The van der Waals surface area contributed by atoms with E-state index in [4.69, 9.17) is 9.84 Å². The zero-order valence-corrected chi connectivity index (χ0v) is 27.6. The van der Waals surface area contributed by atoms with Gasteiger partial charge >= 0.3 is 11.9 Å². The SMILES string of the molecule is CCCC/C=C/CCCCCCCCCCCCCCCCCCCCCCCCC(CC(=O)O)C(=O)OCCC. The number of unbranched alkanes of at least 4 members (excludes halogenated alkanes) is 24. The van der Waals surface area contributed by atoms with Crippen molar-refractivity contribution in [2.75, 3.05) is 6.61 Å². The molecule has 1 atom stereocenters. The van der Waals surface area contributed by atoms with Gasteiger partial charge in [-0.05, 0) is 32.1 Å². The maximum Gasteiger partial charge on any atom is 0.309 e. The van der Waals surface area contributed by atoms with Gasteiger partial charge in [0.15, 0.2) is 0 Å². The second-order valence-electron chi connectivity index (χ2n) is 12.4. The summed E-state index contributed by atoms with van der Waals surface area (Å²) in [5, 5.41) is 9.05. The number of carbonyl (C=O) groups excluding carboxylic acids is 1. The second-order valence-corrected chi connectivity index (χ2v) is 12.4. The third kappa shape index (κ3) is 31.4. The van der Waals surface area contributed by atoms with Gasteiger partial charge in [-0.2, -0.15) is 0 Å². The average Bonchev–Trinajstić information content (AvgIpc) is 2.96. The van der Waals surface area contributed by atoms with Crippen LogP contribution in [0.2, 0.25) is 0 Å². The molecule has 4 heteroatoms. The highest BCUT2D eigenvalue weighted by atomic mass is 16.5. The van der Waals surface area contributed by atoms with Crippen molar-refractivity contribution in [1.82, 2.24) is 0 Å². The summed E-state index contributed by atoms with van der Waals surface area (Å²) in [7, 11) is 0. The van der Waals surface area contributed by atoms with Crippen LogP contribution in [-0.2, 0) is 14.3 Å². The molecule has 242 valence electrons. The van der Waals surface area contributed by atoms with Gasteiger partial charge in [0.25, 0.3) is 0 Å². The quantitative estimate of drug-likeness (QED) is 0.0478. The lowest BCUT2D eigenvalue weighted by molar-refractivity contribution is -0.153. The van der Waals surface area contributed by atoms with Crippen LogP contribution in [0.5, 0.6) is 0 Å². The van der Waals surface area contributed by atoms with Crippen LogP contribution in [0.4, 0.5) is 0 Å². The normalized spacial score (nSPS) is 12.2. The second kappa shape index (κ2) is 33.2. The summed E-state index contributed by atoms with van der Waals surface area (Å²) in [6, 6.07) is 0. The molecule has 0 aromatic heterocycles. The first-order chi connectivity index (χ1) is 20.1. The fourth-order valence-electron chi connectivity index (χ4n) is 5.58. The Morgan fingerprint density at radius 2 is 0.902 bits per heavy atom. The Hall–Kier alpha value is -1.32. The molecular weight excluding hydrogens is 508 g/mol. The summed E-state index contributed by atoms with van der Waals surface area (Å²) in [5.74, 6) is -1.73. The number of carbonyl (C=O) groups is 2. The number of aliphatic carboxylic acids is 1. The average molecular weight is 579 g/mol. The van der Waals surface area contributed by atoms with Crippen molar-refractivity contribution < 1.29 is 19.4 Å². The summed E-state index contributed by atoms with van der Waals surface area (Å²) in [6.45, 7) is 4.59. The van der Waals surface area contributed by atoms with Gasteiger partial charge in [0.05, 0.1) is 18.9 Å². The molecule has 0 amide bonds. The molecule has 0 aromatic carbocycles. The van der Waals surface area contributed by atoms with Gasteiger partial charge in [-0.15, -0.1) is 0 Å². The summed E-state index contributed by atoms with van der Waals surface area (Å²) < 4.78 is 5.16. The van der Waals surface area contributed by atoms with Crippen molar-refractivity contribution in [2.24, 2.45) is 5.92 Å². The van der Waals surface area contributed by atoms with Crippen molar-refractivity contribution in [3.63, 3.8) is 0 Å². The molecule has 1 N–H and O–H groups in total. The van der Waals surface area contributed by atoms with Gasteiger partial charge in [-0.1, -0.05) is 174 Å². The van der Waals surface area contributed by atoms with E-state index in [1.54, 1.807) is 0 Å². The zero-order valence-electron chi connectivity index (χ0n) is 27.6. The van der Waals surface area contributed by atoms with E-state index in [1.165, 1.54) is 154 Å². The van der Waals surface area contributed by atoms with Crippen molar-refractivity contribution in [3.8, 4) is 0 Å². The molecule has 0 saturated heterocycles. The first-order valence-corrected chi connectivity index (χ1v) is 18.1. The molecule has 1 unspecified atom stereocenters. The van der Waals surface area contributed by atoms with E-state index >= 15 is 0 Å². The summed E-state index contributed by atoms with van der Waals surface area (Å²) in [5.41, 5.74) is 0. The lowest BCUT2D eigenvalue weighted by Crippen LogP contribution is -2.21. The number of ether oxygens (including phenoxy) is 1. The number of hydrogen-bond donors (Lipinski definition) is 1. The first-order valence-electron chi connectivity index (χ1n) is 18.1. The molecule has 0 aliphatic carbocycles. The van der Waals surface area contributed by atoms with Gasteiger partial charge in [0, 0.05) is 0 Å². The molecule has 0 bridgehead atoms. The van der Waals surface area contributed by atoms with E-state index < -0.39 is 11.9 Å². The largest absolute Gasteiger partial charge is 0.481 e. The fraction of sp³-hybridized carbons (Fsp3) is 0.892. The Kier molecular flexibility index (Phi) is 32.1. The summed E-state index contributed by atoms with van der Waals surface area (Å²) in [6.07, 6.45) is 41.0. The molecule has 0 fully saturated rings. The highest BCUT2D eigenvalue weighted by Gasteiger charge is 2.22. The third-order valence-electron chi connectivity index (χ3n) is 8.27. The fourth-order valence-corrected chi connectivity index (χ4v) is 5.58. The highest BCUT2D eigenvalue weighted by molar-refractivity contribution is 5.79. The molecule has 4 nitrogen and oxygen atoms in total. The van der Waals surface area contributed by atoms with Crippen LogP contribution in [0.1, 0.15) is 200 Å². The van der Waals surface area contributed by atoms with Crippen molar-refractivity contribution in [3.05, 3.63) is 12.2 Å². The molecule has 0 saturated carbocycles. The van der Waals surface area contributed by atoms with E-state index in [1.807, 2.05) is 6.92 Å². The van der Waals surface area contributed by atoms with Gasteiger partial charge in [0.1, 0.15) is 0 Å². The van der Waals surface area contributed by atoms with Gasteiger partial charge in [0.2, 0.25) is 0 Å². The lowest BCUT2D eigenvalue weighted by Gasteiger charge is -2.13. The number of carboxylic acids is 1. The minimum absolute atomic E-state index is 0.110. The Bertz CT molecular complexity index is 585. The van der Waals surface area contributed by atoms with Gasteiger partial charge in [-0.3, -0.25) is 9.59 Å². The lowest BCUT2D eigenvalue weighted by atomic mass is 9.97. The molecular formula is C37H70O4. The Balaban J connectivity index is 3.30. The van der Waals surface area contributed by atoms with Crippen molar-refractivity contribution >= 4 is 11.9 Å². The summed E-state index contributed by atoms with van der Waals surface area (Å²) >= 11 is 0. The van der Waals surface area contributed by atoms with Crippen molar-refractivity contribution in [1.29, 1.82) is 0 Å². The van der Waals surface area contributed by atoms with Crippen LogP contribution in [0.25, 0.3) is 0 Å². The van der Waals surface area contributed by atoms with Crippen LogP contribution in [0.3, 0.4) is 0 Å². The Morgan fingerprint density at radius 3 is 1.27 bits per heavy atom. The van der Waals surface area contributed by atoms with Crippen LogP contribution >= 0.6 is 0 Å². The number of carboxylic acid groups (broad SMARTS) is 1. The third-order valence-corrected chi connectivity index (χ3v) is 8.27. The van der Waals surface area contributed by atoms with Gasteiger partial charge < -0.3 is 9.84 Å². The van der Waals surface area contributed by atoms with E-state index in [0.717, 1.165) is 19.3 Å². The monoisotopic (exact) mass is 579 g/mol. The Labute approximate surface area is 255 Å². The molecule has 0 aliphatic rings. The van der Waals surface area contributed by atoms with E-state index in [-0.39, 0.29) is 12.4 Å². The number of allylic oxidation sites excluding steroid dienone is 2. The zero-order chi connectivity index (χ0) is 30.1. The predicted molar refractivity (Wildman–Crippen MR) is 176 cm³/mol. The maximum absolute atomic E-state index is 12.0. The molecule has 0 spiro atoms. The maximum atomic E-state index is 12.0. The van der Waals surface area contributed by atoms with E-state index in [9.17, 15) is 9.59 Å². The summed E-state index contributed by atoms with van der Waals surface area (Å²) in [4.78, 5) is 23.1. The number of rotatable bonds is 33. The van der Waals surface area contributed by atoms with Crippen molar-refractivity contribution in [2.45, 2.75) is 200 Å². The van der Waals surface area contributed by atoms with E-state index in [2.05, 4.69) is 19.1 Å². The molecule has 0 heterocycles. The molecule has 0 radical (unpaired) electrons. The van der Waals surface area contributed by atoms with Crippen LogP contribution in [-0.4, -0.2) is 23.7 Å². The van der Waals surface area contributed by atoms with E-state index in [0.29, 0.717) is 13.0 Å². The smallest absolute Gasteiger partial charge is 0.309 e. The highest BCUT2D eigenvalue weighted by Crippen LogP contribution is 2.19. The number of esters is 1.